The van der Waals surface area contributed by atoms with Crippen molar-refractivity contribution in [1.82, 2.24) is 14.9 Å². The third kappa shape index (κ3) is 6.23. The Hall–Kier alpha value is -2.51. The fourth-order valence-electron chi connectivity index (χ4n) is 6.35. The normalized spacial score (nSPS) is 17.0. The Kier molecular flexibility index (Phi) is 8.75. The van der Waals surface area contributed by atoms with Crippen LogP contribution in [0.1, 0.15) is 36.8 Å². The average molecular weight is 632 g/mol. The van der Waals surface area contributed by atoms with Gasteiger partial charge in [-0.05, 0) is 95.6 Å². The Morgan fingerprint density at radius 2 is 1.74 bits per heavy atom. The molecule has 1 aromatic heterocycles. The van der Waals surface area contributed by atoms with E-state index in [2.05, 4.69) is 44.5 Å². The molecule has 2 aromatic carbocycles. The van der Waals surface area contributed by atoms with Gasteiger partial charge in [0.1, 0.15) is 17.9 Å². The number of anilines is 5. The van der Waals surface area contributed by atoms with Crippen molar-refractivity contribution in [2.75, 3.05) is 63.2 Å². The Morgan fingerprint density at radius 3 is 2.36 bits per heavy atom. The maximum Gasteiger partial charge on any atom is 0.229 e. The number of nitrogens with one attached hydrogen (secondary N) is 2. The highest BCUT2D eigenvalue weighted by Gasteiger charge is 2.46. The maximum absolute atomic E-state index is 13.2. The molecule has 0 radical (unpaired) electrons. The Bertz CT molecular complexity index is 1530. The van der Waals surface area contributed by atoms with Crippen molar-refractivity contribution in [2.24, 2.45) is 5.41 Å². The van der Waals surface area contributed by atoms with Gasteiger partial charge in [-0.3, -0.25) is 0 Å². The second kappa shape index (κ2) is 11.9. The number of nitrogens with zero attached hydrogens (tertiary/aromatic N) is 4. The largest absolute Gasteiger partial charge is 0.494 e. The molecule has 0 unspecified atom stereocenters. The summed E-state index contributed by atoms with van der Waals surface area (Å²) in [4.78, 5) is 13.7. The molecule has 3 aromatic rings. The van der Waals surface area contributed by atoms with Crippen LogP contribution in [0.5, 0.6) is 5.75 Å². The lowest BCUT2D eigenvalue weighted by molar-refractivity contribution is 0.00490. The number of aryl methyl sites for hydroxylation is 1. The summed E-state index contributed by atoms with van der Waals surface area (Å²) in [5, 5.41) is 8.32. The van der Waals surface area contributed by atoms with Gasteiger partial charge in [0.25, 0.3) is 0 Å². The Balaban J connectivity index is 1.35. The first kappa shape index (κ1) is 30.9. The molecule has 8 nitrogen and oxygen atoms in total. The van der Waals surface area contributed by atoms with Crippen LogP contribution in [0.25, 0.3) is 0 Å². The van der Waals surface area contributed by atoms with E-state index in [9.17, 15) is 4.57 Å². The lowest BCUT2D eigenvalue weighted by atomic mass is 9.60. The molecule has 2 heterocycles. The number of hydrogen-bond acceptors (Lipinski definition) is 8. The Labute approximate surface area is 259 Å². The molecule has 1 saturated heterocycles. The van der Waals surface area contributed by atoms with Crippen LogP contribution in [0.4, 0.5) is 28.8 Å². The van der Waals surface area contributed by atoms with Gasteiger partial charge in [-0.25, -0.2) is 4.98 Å². The summed E-state index contributed by atoms with van der Waals surface area (Å²) >= 11 is 13.3. The standard InChI is InChI=1S/C31H41Cl2N6O2P/c1-19-8-9-24(28(20(19)2)42(6,7)40)35-29-23(33)18-34-30(37-29)36-25-14-22(32)26(15-27(25)41-5)39-12-10-31(11-13-39)16-21(17-31)38(3)4/h8-9,14-15,18,21H,10-13,16-17H2,1-7H3,(H2,34,35,36,37). The first-order valence-corrected chi connectivity index (χ1v) is 17.7. The van der Waals surface area contributed by atoms with Crippen molar-refractivity contribution in [3.8, 4) is 5.75 Å². The van der Waals surface area contributed by atoms with Crippen LogP contribution in [0.3, 0.4) is 0 Å². The second-order valence-electron chi connectivity index (χ2n) is 12.4. The first-order valence-electron chi connectivity index (χ1n) is 14.3. The summed E-state index contributed by atoms with van der Waals surface area (Å²) in [6, 6.07) is 8.47. The quantitative estimate of drug-likeness (QED) is 0.248. The monoisotopic (exact) mass is 630 g/mol. The molecule has 0 bridgehead atoms. The van der Waals surface area contributed by atoms with Crippen molar-refractivity contribution >= 4 is 64.5 Å². The van der Waals surface area contributed by atoms with E-state index < -0.39 is 7.14 Å². The molecule has 226 valence electrons. The van der Waals surface area contributed by atoms with Crippen molar-refractivity contribution in [3.05, 3.63) is 51.6 Å². The minimum absolute atomic E-state index is 0.325. The number of methoxy groups -OCH3 is 1. The zero-order valence-electron chi connectivity index (χ0n) is 25.5. The van der Waals surface area contributed by atoms with Gasteiger partial charge in [0, 0.05) is 30.5 Å². The molecular weight excluding hydrogens is 590 g/mol. The van der Waals surface area contributed by atoms with E-state index >= 15 is 0 Å². The van der Waals surface area contributed by atoms with Crippen molar-refractivity contribution in [2.45, 2.75) is 45.6 Å². The van der Waals surface area contributed by atoms with Crippen LogP contribution in [-0.2, 0) is 4.57 Å². The number of hydrogen-bond donors (Lipinski definition) is 2. The molecule has 0 atom stereocenters. The first-order chi connectivity index (χ1) is 19.8. The van der Waals surface area contributed by atoms with Gasteiger partial charge >= 0.3 is 0 Å². The molecule has 1 saturated carbocycles. The number of ether oxygens (including phenoxy) is 1. The van der Waals surface area contributed by atoms with E-state index in [-0.39, 0.29) is 0 Å². The third-order valence-corrected chi connectivity index (χ3v) is 11.2. The molecule has 0 amide bonds. The van der Waals surface area contributed by atoms with E-state index in [1.807, 2.05) is 38.1 Å². The Morgan fingerprint density at radius 1 is 1.05 bits per heavy atom. The third-order valence-electron chi connectivity index (χ3n) is 8.99. The number of piperidine rings is 1. The maximum atomic E-state index is 13.2. The molecule has 2 N–H and O–H groups in total. The highest BCUT2D eigenvalue weighted by Crippen LogP contribution is 2.51. The predicted octanol–water partition coefficient (Wildman–Crippen LogP) is 7.45. The van der Waals surface area contributed by atoms with Crippen molar-refractivity contribution < 1.29 is 9.30 Å². The molecule has 2 fully saturated rings. The van der Waals surface area contributed by atoms with Crippen LogP contribution in [0, 0.1) is 19.3 Å². The van der Waals surface area contributed by atoms with Crippen molar-refractivity contribution in [1.29, 1.82) is 0 Å². The average Bonchev–Trinajstić information content (AvgIpc) is 2.91. The molecule has 1 aliphatic heterocycles. The molecule has 1 aliphatic carbocycles. The van der Waals surface area contributed by atoms with Gasteiger partial charge in [-0.1, -0.05) is 29.3 Å². The van der Waals surface area contributed by atoms with E-state index in [0.29, 0.717) is 50.4 Å². The van der Waals surface area contributed by atoms with Crippen molar-refractivity contribution in [3.63, 3.8) is 0 Å². The highest BCUT2D eigenvalue weighted by molar-refractivity contribution is 7.70. The summed E-state index contributed by atoms with van der Waals surface area (Å²) in [6.07, 6.45) is 6.46. The van der Waals surface area contributed by atoms with Crippen LogP contribution in [0.15, 0.2) is 30.5 Å². The highest BCUT2D eigenvalue weighted by atomic mass is 35.5. The van der Waals surface area contributed by atoms with E-state index in [4.69, 9.17) is 27.9 Å². The minimum Gasteiger partial charge on any atom is -0.494 e. The zero-order chi connectivity index (χ0) is 30.4. The molecule has 42 heavy (non-hydrogen) atoms. The fraction of sp³-hybridized carbons (Fsp3) is 0.484. The molecule has 2 aliphatic rings. The fourth-order valence-corrected chi connectivity index (χ4v) is 8.46. The van der Waals surface area contributed by atoms with Crippen LogP contribution in [0.2, 0.25) is 10.0 Å². The molecule has 1 spiro atoms. The summed E-state index contributed by atoms with van der Waals surface area (Å²) < 4.78 is 18.9. The summed E-state index contributed by atoms with van der Waals surface area (Å²) in [5.74, 6) is 1.38. The van der Waals surface area contributed by atoms with Gasteiger partial charge in [0.05, 0.1) is 35.4 Å². The second-order valence-corrected chi connectivity index (χ2v) is 16.4. The van der Waals surface area contributed by atoms with E-state index in [1.165, 1.54) is 31.9 Å². The smallest absolute Gasteiger partial charge is 0.229 e. The molecular formula is C31H41Cl2N6O2P. The number of halogens is 2. The lowest BCUT2D eigenvalue weighted by Crippen LogP contribution is -2.53. The number of aromatic nitrogens is 2. The van der Waals surface area contributed by atoms with Gasteiger partial charge in [-0.15, -0.1) is 0 Å². The summed E-state index contributed by atoms with van der Waals surface area (Å²) in [6.45, 7) is 9.49. The number of rotatable bonds is 8. The summed E-state index contributed by atoms with van der Waals surface area (Å²) in [5.41, 5.74) is 4.88. The topological polar surface area (TPSA) is 82.6 Å². The molecule has 11 heteroatoms. The van der Waals surface area contributed by atoms with Crippen LogP contribution < -0.4 is 25.6 Å². The molecule has 5 rings (SSSR count). The lowest BCUT2D eigenvalue weighted by Gasteiger charge is -2.54. The van der Waals surface area contributed by atoms with Gasteiger partial charge < -0.3 is 29.7 Å². The van der Waals surface area contributed by atoms with Crippen LogP contribution in [-0.4, -0.2) is 68.5 Å². The van der Waals surface area contributed by atoms with E-state index in [0.717, 1.165) is 35.2 Å². The zero-order valence-corrected chi connectivity index (χ0v) is 27.9. The van der Waals surface area contributed by atoms with Crippen LogP contribution >= 0.6 is 30.3 Å². The van der Waals surface area contributed by atoms with Gasteiger partial charge in [-0.2, -0.15) is 4.98 Å². The SMILES string of the molecule is COc1cc(N2CCC3(CC2)CC(N(C)C)C3)c(Cl)cc1Nc1ncc(Cl)c(Nc2ccc(C)c(C)c2P(C)(C)=O)n1. The van der Waals surface area contributed by atoms with E-state index in [1.54, 1.807) is 20.4 Å². The number of benzene rings is 2. The predicted molar refractivity (Wildman–Crippen MR) is 177 cm³/mol. The van der Waals surface area contributed by atoms with Gasteiger partial charge in [0.15, 0.2) is 5.82 Å². The van der Waals surface area contributed by atoms with Gasteiger partial charge in [0.2, 0.25) is 5.95 Å². The summed E-state index contributed by atoms with van der Waals surface area (Å²) in [7, 11) is 3.41. The minimum atomic E-state index is -2.59.